The van der Waals surface area contributed by atoms with E-state index in [0.717, 1.165) is 5.75 Å². The van der Waals surface area contributed by atoms with Crippen molar-refractivity contribution in [2.45, 2.75) is 26.2 Å². The van der Waals surface area contributed by atoms with E-state index in [1.807, 2.05) is 18.2 Å². The Hall–Kier alpha value is -2.78. The molecule has 0 aromatic heterocycles. The van der Waals surface area contributed by atoms with Crippen LogP contribution in [0.5, 0.6) is 11.5 Å². The maximum absolute atomic E-state index is 7.11. The van der Waals surface area contributed by atoms with Gasteiger partial charge in [0.2, 0.25) is 0 Å². The fourth-order valence-electron chi connectivity index (χ4n) is 1.91. The van der Waals surface area contributed by atoms with Gasteiger partial charge in [0.25, 0.3) is 0 Å². The van der Waals surface area contributed by atoms with E-state index in [2.05, 4.69) is 36.5 Å². The highest BCUT2D eigenvalue weighted by Gasteiger charge is 2.14. The van der Waals surface area contributed by atoms with Gasteiger partial charge in [-0.1, -0.05) is 39.0 Å². The van der Waals surface area contributed by atoms with E-state index >= 15 is 0 Å². The van der Waals surface area contributed by atoms with E-state index in [9.17, 15) is 0 Å². The van der Waals surface area contributed by atoms with Gasteiger partial charge in [-0.15, -0.1) is 0 Å². The van der Waals surface area contributed by atoms with Crippen LogP contribution in [0, 0.1) is 13.1 Å². The van der Waals surface area contributed by atoms with Crippen LogP contribution in [0.2, 0.25) is 0 Å². The van der Waals surface area contributed by atoms with Crippen molar-refractivity contribution < 1.29 is 4.74 Å². The highest BCUT2D eigenvalue weighted by Crippen LogP contribution is 2.34. The highest BCUT2D eigenvalue weighted by molar-refractivity contribution is 5.72. The largest absolute Gasteiger partial charge is 0.459 e. The van der Waals surface area contributed by atoms with Gasteiger partial charge in [-0.3, -0.25) is 4.85 Å². The standard InChI is InChI=1S/C18H16N2O/c1-18(2,3)13-7-6-8-14(11-13)21-15-9-10-16(19-4)17(12-15)20-5/h6-12H,1-3H3. The van der Waals surface area contributed by atoms with Crippen LogP contribution in [-0.4, -0.2) is 0 Å². The van der Waals surface area contributed by atoms with Crippen molar-refractivity contribution in [2.24, 2.45) is 0 Å². The molecule has 0 aliphatic rings. The summed E-state index contributed by atoms with van der Waals surface area (Å²) < 4.78 is 5.81. The van der Waals surface area contributed by atoms with Crippen molar-refractivity contribution in [1.82, 2.24) is 0 Å². The molecule has 21 heavy (non-hydrogen) atoms. The molecular weight excluding hydrogens is 260 g/mol. The number of hydrogen-bond acceptors (Lipinski definition) is 1. The van der Waals surface area contributed by atoms with E-state index in [1.165, 1.54) is 5.56 Å². The third kappa shape index (κ3) is 3.41. The molecule has 0 bridgehead atoms. The maximum Gasteiger partial charge on any atom is 0.198 e. The number of rotatable bonds is 2. The molecule has 0 N–H and O–H groups in total. The second kappa shape index (κ2) is 5.69. The molecule has 2 aromatic rings. The van der Waals surface area contributed by atoms with Crippen LogP contribution in [0.15, 0.2) is 42.5 Å². The first-order valence-corrected chi connectivity index (χ1v) is 6.61. The van der Waals surface area contributed by atoms with E-state index in [-0.39, 0.29) is 5.41 Å². The van der Waals surface area contributed by atoms with Crippen LogP contribution in [0.3, 0.4) is 0 Å². The predicted molar refractivity (Wildman–Crippen MR) is 84.2 cm³/mol. The molecule has 0 radical (unpaired) electrons. The molecule has 0 unspecified atom stereocenters. The van der Waals surface area contributed by atoms with Gasteiger partial charge in [-0.2, -0.15) is 0 Å². The second-order valence-corrected chi connectivity index (χ2v) is 5.75. The van der Waals surface area contributed by atoms with Gasteiger partial charge in [-0.05, 0) is 35.2 Å². The average Bonchev–Trinajstić information content (AvgIpc) is 2.46. The molecule has 0 aliphatic carbocycles. The van der Waals surface area contributed by atoms with E-state index in [4.69, 9.17) is 17.9 Å². The predicted octanol–water partition coefficient (Wildman–Crippen LogP) is 5.88. The molecule has 3 nitrogen and oxygen atoms in total. The van der Waals surface area contributed by atoms with Crippen LogP contribution >= 0.6 is 0 Å². The Bertz CT molecular complexity index is 743. The Kier molecular flexibility index (Phi) is 3.96. The van der Waals surface area contributed by atoms with Gasteiger partial charge >= 0.3 is 0 Å². The van der Waals surface area contributed by atoms with Crippen molar-refractivity contribution >= 4 is 11.4 Å². The van der Waals surface area contributed by atoms with Gasteiger partial charge in [0.15, 0.2) is 11.4 Å². The first-order chi connectivity index (χ1) is 9.94. The van der Waals surface area contributed by atoms with Crippen LogP contribution in [0.25, 0.3) is 9.69 Å². The van der Waals surface area contributed by atoms with Crippen molar-refractivity contribution in [1.29, 1.82) is 0 Å². The monoisotopic (exact) mass is 276 g/mol. The highest BCUT2D eigenvalue weighted by atomic mass is 16.5. The Morgan fingerprint density at radius 2 is 1.52 bits per heavy atom. The topological polar surface area (TPSA) is 17.9 Å². The van der Waals surface area contributed by atoms with Gasteiger partial charge in [0, 0.05) is 0 Å². The van der Waals surface area contributed by atoms with E-state index in [1.54, 1.807) is 18.2 Å². The lowest BCUT2D eigenvalue weighted by atomic mass is 9.87. The van der Waals surface area contributed by atoms with Crippen LogP contribution in [0.1, 0.15) is 26.3 Å². The summed E-state index contributed by atoms with van der Waals surface area (Å²) in [6.45, 7) is 20.6. The molecule has 0 aliphatic heterocycles. The van der Waals surface area contributed by atoms with Gasteiger partial charge < -0.3 is 4.74 Å². The lowest BCUT2D eigenvalue weighted by molar-refractivity contribution is 0.479. The zero-order chi connectivity index (χ0) is 15.5. The average molecular weight is 276 g/mol. The van der Waals surface area contributed by atoms with Gasteiger partial charge in [0.1, 0.15) is 11.5 Å². The van der Waals surface area contributed by atoms with E-state index in [0.29, 0.717) is 17.1 Å². The van der Waals surface area contributed by atoms with E-state index < -0.39 is 0 Å². The third-order valence-electron chi connectivity index (χ3n) is 3.12. The summed E-state index contributed by atoms with van der Waals surface area (Å²) in [5.41, 5.74) is 1.90. The zero-order valence-electron chi connectivity index (χ0n) is 12.3. The molecule has 0 saturated carbocycles. The lowest BCUT2D eigenvalue weighted by Crippen LogP contribution is -2.10. The molecular formula is C18H16N2O. The number of ether oxygens (including phenoxy) is 1. The smallest absolute Gasteiger partial charge is 0.198 e. The molecule has 0 fully saturated rings. The Labute approximate surface area is 125 Å². The second-order valence-electron chi connectivity index (χ2n) is 5.75. The van der Waals surface area contributed by atoms with Crippen molar-refractivity contribution in [3.63, 3.8) is 0 Å². The molecule has 0 amide bonds. The number of benzene rings is 2. The molecule has 2 aromatic carbocycles. The summed E-state index contributed by atoms with van der Waals surface area (Å²) in [4.78, 5) is 6.67. The Balaban J connectivity index is 2.31. The molecule has 0 atom stereocenters. The van der Waals surface area contributed by atoms with Crippen molar-refractivity contribution in [3.05, 3.63) is 70.9 Å². The molecule has 104 valence electrons. The third-order valence-corrected chi connectivity index (χ3v) is 3.12. The molecule has 0 spiro atoms. The van der Waals surface area contributed by atoms with Crippen LogP contribution in [0.4, 0.5) is 11.4 Å². The van der Waals surface area contributed by atoms with Crippen molar-refractivity contribution in [2.75, 3.05) is 0 Å². The minimum Gasteiger partial charge on any atom is -0.459 e. The van der Waals surface area contributed by atoms with Crippen LogP contribution < -0.4 is 4.74 Å². The Morgan fingerprint density at radius 3 is 2.14 bits per heavy atom. The van der Waals surface area contributed by atoms with Gasteiger partial charge in [-0.25, -0.2) is 4.85 Å². The SMILES string of the molecule is [C-]#[N+]c1ccc(Oc2cccc(C(C)(C)C)c2)cc1[N+]#[C-]. The zero-order valence-corrected chi connectivity index (χ0v) is 12.3. The summed E-state index contributed by atoms with van der Waals surface area (Å²) in [7, 11) is 0. The summed E-state index contributed by atoms with van der Waals surface area (Å²) in [6, 6.07) is 12.8. The first kappa shape index (κ1) is 14.6. The fourth-order valence-corrected chi connectivity index (χ4v) is 1.91. The quantitative estimate of drug-likeness (QED) is 0.626. The number of nitrogens with zero attached hydrogens (tertiary/aromatic N) is 2. The van der Waals surface area contributed by atoms with Crippen molar-refractivity contribution in [3.8, 4) is 11.5 Å². The molecule has 0 saturated heterocycles. The fraction of sp³-hybridized carbons (Fsp3) is 0.222. The summed E-state index contributed by atoms with van der Waals surface area (Å²) in [5.74, 6) is 1.30. The summed E-state index contributed by atoms with van der Waals surface area (Å²) in [5, 5.41) is 0. The summed E-state index contributed by atoms with van der Waals surface area (Å²) >= 11 is 0. The number of hydrogen-bond donors (Lipinski definition) is 0. The Morgan fingerprint density at radius 1 is 0.857 bits per heavy atom. The minimum absolute atomic E-state index is 0.0506. The molecule has 0 heterocycles. The summed E-state index contributed by atoms with van der Waals surface area (Å²) in [6.07, 6.45) is 0. The molecule has 3 heteroatoms. The maximum atomic E-state index is 7.11. The lowest BCUT2D eigenvalue weighted by Gasteiger charge is -2.19. The van der Waals surface area contributed by atoms with Gasteiger partial charge in [0.05, 0.1) is 13.1 Å². The minimum atomic E-state index is 0.0506. The van der Waals surface area contributed by atoms with Crippen LogP contribution in [-0.2, 0) is 5.41 Å². The normalized spacial score (nSPS) is 10.5. The molecule has 2 rings (SSSR count). The first-order valence-electron chi connectivity index (χ1n) is 6.61.